The van der Waals surface area contributed by atoms with Crippen molar-refractivity contribution in [2.75, 3.05) is 13.1 Å². The molecule has 1 amide bonds. The lowest BCUT2D eigenvalue weighted by atomic mass is 9.72. The van der Waals surface area contributed by atoms with Gasteiger partial charge in [-0.15, -0.1) is 0 Å². The van der Waals surface area contributed by atoms with Gasteiger partial charge in [-0.2, -0.15) is 0 Å². The average molecular weight is 390 g/mol. The lowest BCUT2D eigenvalue weighted by Crippen LogP contribution is -2.46. The van der Waals surface area contributed by atoms with Crippen LogP contribution in [0.1, 0.15) is 49.7 Å². The first kappa shape index (κ1) is 18.9. The minimum Gasteiger partial charge on any atom is -0.380 e. The van der Waals surface area contributed by atoms with Crippen molar-refractivity contribution >= 4 is 5.91 Å². The Hall–Kier alpha value is -2.13. The largest absolute Gasteiger partial charge is 0.380 e. The van der Waals surface area contributed by atoms with Crippen LogP contribution in [0.3, 0.4) is 0 Å². The summed E-state index contributed by atoms with van der Waals surface area (Å²) in [7, 11) is 0. The molecule has 0 unspecified atom stereocenters. The summed E-state index contributed by atoms with van der Waals surface area (Å²) in [5.74, 6) is 2.14. The number of hydrogen-bond acceptors (Lipinski definition) is 2. The third kappa shape index (κ3) is 3.30. The maximum atomic E-state index is 13.1. The molecule has 29 heavy (non-hydrogen) atoms. The molecule has 0 bridgehead atoms. The van der Waals surface area contributed by atoms with E-state index in [1.807, 2.05) is 60.7 Å². The van der Waals surface area contributed by atoms with Gasteiger partial charge in [0.15, 0.2) is 0 Å². The maximum absolute atomic E-state index is 13.1. The first-order valence-corrected chi connectivity index (χ1v) is 11.3. The molecule has 2 aromatic rings. The molecule has 1 heterocycles. The second-order valence-electron chi connectivity index (χ2n) is 9.24. The van der Waals surface area contributed by atoms with E-state index in [1.165, 1.54) is 25.7 Å². The molecule has 3 heteroatoms. The number of rotatable bonds is 4. The summed E-state index contributed by atoms with van der Waals surface area (Å²) in [6.45, 7) is 1.53. The van der Waals surface area contributed by atoms with E-state index in [1.54, 1.807) is 0 Å². The van der Waals surface area contributed by atoms with Crippen molar-refractivity contribution in [2.24, 2.45) is 23.7 Å². The fraction of sp³-hybridized carbons (Fsp3) is 0.500. The summed E-state index contributed by atoms with van der Waals surface area (Å²) in [6, 6.07) is 20.1. The van der Waals surface area contributed by atoms with Crippen LogP contribution in [-0.2, 0) is 10.4 Å². The number of fused-ring (bicyclic) bond motifs is 1. The minimum absolute atomic E-state index is 0.109. The number of aliphatic hydroxyl groups is 1. The van der Waals surface area contributed by atoms with Gasteiger partial charge in [0.1, 0.15) is 5.60 Å². The highest BCUT2D eigenvalue weighted by Crippen LogP contribution is 2.56. The summed E-state index contributed by atoms with van der Waals surface area (Å²) in [5, 5.41) is 12.0. The van der Waals surface area contributed by atoms with Gasteiger partial charge in [0.2, 0.25) is 5.91 Å². The smallest absolute Gasteiger partial charge is 0.226 e. The fourth-order valence-corrected chi connectivity index (χ4v) is 6.11. The van der Waals surface area contributed by atoms with Gasteiger partial charge in [-0.3, -0.25) is 4.79 Å². The van der Waals surface area contributed by atoms with E-state index in [2.05, 4.69) is 4.90 Å². The van der Waals surface area contributed by atoms with Gasteiger partial charge < -0.3 is 10.0 Å². The first-order chi connectivity index (χ1) is 14.2. The van der Waals surface area contributed by atoms with Crippen LogP contribution >= 0.6 is 0 Å². The van der Waals surface area contributed by atoms with Crippen molar-refractivity contribution < 1.29 is 9.90 Å². The lowest BCUT2D eigenvalue weighted by molar-refractivity contribution is -0.136. The van der Waals surface area contributed by atoms with E-state index in [9.17, 15) is 9.90 Å². The van der Waals surface area contributed by atoms with Crippen LogP contribution in [0.25, 0.3) is 0 Å². The third-order valence-corrected chi connectivity index (χ3v) is 7.77. The van der Waals surface area contributed by atoms with Gasteiger partial charge in [-0.1, -0.05) is 73.5 Å². The molecule has 3 nitrogen and oxygen atoms in total. The van der Waals surface area contributed by atoms with Crippen molar-refractivity contribution in [3.05, 3.63) is 71.8 Å². The number of amides is 1. The van der Waals surface area contributed by atoms with Gasteiger partial charge >= 0.3 is 0 Å². The molecule has 1 aliphatic heterocycles. The monoisotopic (exact) mass is 389 g/mol. The molecule has 3 aliphatic rings. The highest BCUT2D eigenvalue weighted by atomic mass is 16.3. The summed E-state index contributed by atoms with van der Waals surface area (Å²) < 4.78 is 0. The van der Waals surface area contributed by atoms with Gasteiger partial charge in [0.05, 0.1) is 0 Å². The Labute approximate surface area is 173 Å². The Bertz CT molecular complexity index is 790. The Morgan fingerprint density at radius 1 is 0.793 bits per heavy atom. The van der Waals surface area contributed by atoms with Crippen LogP contribution in [-0.4, -0.2) is 29.0 Å². The second kappa shape index (κ2) is 7.60. The summed E-state index contributed by atoms with van der Waals surface area (Å²) in [5.41, 5.74) is 0.888. The molecule has 2 aromatic carbocycles. The van der Waals surface area contributed by atoms with Crippen molar-refractivity contribution in [1.29, 1.82) is 0 Å². The summed E-state index contributed by atoms with van der Waals surface area (Å²) in [4.78, 5) is 15.2. The fourth-order valence-electron chi connectivity index (χ4n) is 6.11. The Morgan fingerprint density at radius 3 is 1.76 bits per heavy atom. The quantitative estimate of drug-likeness (QED) is 0.830. The van der Waals surface area contributed by atoms with Crippen molar-refractivity contribution in [2.45, 2.75) is 44.1 Å². The van der Waals surface area contributed by atoms with Crippen molar-refractivity contribution in [3.8, 4) is 0 Å². The van der Waals surface area contributed by atoms with E-state index in [4.69, 9.17) is 0 Å². The molecule has 1 saturated heterocycles. The van der Waals surface area contributed by atoms with Crippen LogP contribution in [0.5, 0.6) is 0 Å². The molecular formula is C26H31NO2. The van der Waals surface area contributed by atoms with E-state index in [-0.39, 0.29) is 5.92 Å². The van der Waals surface area contributed by atoms with E-state index in [0.29, 0.717) is 23.7 Å². The zero-order chi connectivity index (χ0) is 19.8. The highest BCUT2D eigenvalue weighted by molar-refractivity contribution is 5.82. The zero-order valence-electron chi connectivity index (χ0n) is 17.0. The predicted molar refractivity (Wildman–Crippen MR) is 114 cm³/mol. The number of nitrogens with zero attached hydrogens (tertiary/aromatic N) is 1. The number of carbonyl (C=O) groups is 1. The molecule has 0 radical (unpaired) electrons. The second-order valence-corrected chi connectivity index (χ2v) is 9.24. The lowest BCUT2D eigenvalue weighted by Gasteiger charge is -2.42. The molecule has 3 fully saturated rings. The molecule has 152 valence electrons. The third-order valence-electron chi connectivity index (χ3n) is 7.77. The molecule has 2 atom stereocenters. The van der Waals surface area contributed by atoms with E-state index >= 15 is 0 Å². The van der Waals surface area contributed by atoms with Crippen LogP contribution in [0.2, 0.25) is 0 Å². The van der Waals surface area contributed by atoms with Crippen LogP contribution in [0, 0.1) is 23.7 Å². The number of hydrogen-bond donors (Lipinski definition) is 1. The van der Waals surface area contributed by atoms with E-state index in [0.717, 1.165) is 37.1 Å². The molecule has 2 aliphatic carbocycles. The number of likely N-dealkylation sites (tertiary alicyclic amines) is 1. The van der Waals surface area contributed by atoms with Crippen LogP contribution in [0.4, 0.5) is 0 Å². The van der Waals surface area contributed by atoms with Gasteiger partial charge in [-0.25, -0.2) is 0 Å². The predicted octanol–water partition coefficient (Wildman–Crippen LogP) is 4.60. The minimum atomic E-state index is -1.01. The molecule has 1 N–H and O–H groups in total. The molecule has 2 saturated carbocycles. The Balaban J connectivity index is 1.33. The normalized spacial score (nSPS) is 27.3. The van der Waals surface area contributed by atoms with Crippen LogP contribution in [0.15, 0.2) is 60.7 Å². The summed E-state index contributed by atoms with van der Waals surface area (Å²) >= 11 is 0. The Kier molecular flexibility index (Phi) is 4.95. The Morgan fingerprint density at radius 2 is 1.28 bits per heavy atom. The average Bonchev–Trinajstić information content (AvgIpc) is 3.54. The molecule has 5 rings (SSSR count). The molecule has 0 aromatic heterocycles. The topological polar surface area (TPSA) is 40.5 Å². The number of carbonyl (C=O) groups excluding carboxylic acids is 1. The van der Waals surface area contributed by atoms with E-state index < -0.39 is 5.60 Å². The van der Waals surface area contributed by atoms with Gasteiger partial charge in [0, 0.05) is 19.0 Å². The summed E-state index contributed by atoms with van der Waals surface area (Å²) in [6.07, 6.45) is 6.78. The van der Waals surface area contributed by atoms with Gasteiger partial charge in [-0.05, 0) is 54.6 Å². The first-order valence-electron chi connectivity index (χ1n) is 11.3. The van der Waals surface area contributed by atoms with Gasteiger partial charge in [0.25, 0.3) is 0 Å². The molecule has 0 spiro atoms. The number of benzene rings is 2. The molecular weight excluding hydrogens is 358 g/mol. The number of piperidine rings is 1. The zero-order valence-corrected chi connectivity index (χ0v) is 17.0. The van der Waals surface area contributed by atoms with Crippen molar-refractivity contribution in [3.63, 3.8) is 0 Å². The standard InChI is InChI=1S/C26H31NO2/c28-25(24-22-13-7-8-14-23(22)24)27-17-15-21(16-18-27)26(29,19-9-3-1-4-10-19)20-11-5-2-6-12-20/h1-6,9-12,21-24,29H,7-8,13-18H2/t22-,23-/m0/s1. The maximum Gasteiger partial charge on any atom is 0.226 e. The SMILES string of the molecule is O=C(C1[C@H]2CCCC[C@H]12)N1CCC(C(O)(c2ccccc2)c2ccccc2)CC1. The van der Waals surface area contributed by atoms with Crippen molar-refractivity contribution in [1.82, 2.24) is 4.90 Å². The highest BCUT2D eigenvalue weighted by Gasteiger charge is 2.56. The van der Waals surface area contributed by atoms with Crippen LogP contribution < -0.4 is 0 Å².